The first-order valence-corrected chi connectivity index (χ1v) is 6.14. The first-order chi connectivity index (χ1) is 9.24. The van der Waals surface area contributed by atoms with Crippen LogP contribution in [-0.2, 0) is 0 Å². The second-order valence-corrected chi connectivity index (χ2v) is 4.39. The van der Waals surface area contributed by atoms with Crippen LogP contribution in [0, 0.1) is 0 Å². The standard InChI is InChI=1S/C13H18N6/c1-19(2)9-8-14-13-17-12(10-15-18-13)16-11-6-4-3-5-7-11/h3-7,10H,8-9H2,1-2H3,(H2,14,16,17,18). The van der Waals surface area contributed by atoms with Crippen molar-refractivity contribution < 1.29 is 0 Å². The minimum absolute atomic E-state index is 0.530. The summed E-state index contributed by atoms with van der Waals surface area (Å²) in [5, 5.41) is 14.2. The Morgan fingerprint density at radius 3 is 2.68 bits per heavy atom. The lowest BCUT2D eigenvalue weighted by Gasteiger charge is -2.10. The zero-order valence-corrected chi connectivity index (χ0v) is 11.2. The van der Waals surface area contributed by atoms with Crippen LogP contribution in [0.25, 0.3) is 0 Å². The third kappa shape index (κ3) is 4.51. The third-order valence-corrected chi connectivity index (χ3v) is 2.45. The number of hydrogen-bond acceptors (Lipinski definition) is 6. The zero-order chi connectivity index (χ0) is 13.5. The van der Waals surface area contributed by atoms with Crippen LogP contribution in [0.1, 0.15) is 0 Å². The van der Waals surface area contributed by atoms with Crippen LogP contribution >= 0.6 is 0 Å². The number of benzene rings is 1. The van der Waals surface area contributed by atoms with Gasteiger partial charge in [0.05, 0.1) is 6.20 Å². The van der Waals surface area contributed by atoms with Gasteiger partial charge in [-0.2, -0.15) is 10.1 Å². The molecule has 1 heterocycles. The Bertz CT molecular complexity index is 499. The van der Waals surface area contributed by atoms with Gasteiger partial charge in [-0.05, 0) is 26.2 Å². The molecule has 100 valence electrons. The minimum Gasteiger partial charge on any atom is -0.352 e. The number of hydrogen-bond donors (Lipinski definition) is 2. The minimum atomic E-state index is 0.530. The Morgan fingerprint density at radius 2 is 1.95 bits per heavy atom. The molecule has 0 fully saturated rings. The largest absolute Gasteiger partial charge is 0.352 e. The molecule has 0 unspecified atom stereocenters. The summed E-state index contributed by atoms with van der Waals surface area (Å²) in [6.07, 6.45) is 1.60. The lowest BCUT2D eigenvalue weighted by atomic mass is 10.3. The van der Waals surface area contributed by atoms with Gasteiger partial charge >= 0.3 is 0 Å². The van der Waals surface area contributed by atoms with Gasteiger partial charge < -0.3 is 15.5 Å². The second-order valence-electron chi connectivity index (χ2n) is 4.39. The van der Waals surface area contributed by atoms with Crippen LogP contribution in [0.5, 0.6) is 0 Å². The number of nitrogens with zero attached hydrogens (tertiary/aromatic N) is 4. The molecule has 0 saturated carbocycles. The Labute approximate surface area is 112 Å². The summed E-state index contributed by atoms with van der Waals surface area (Å²) in [6.45, 7) is 1.70. The Kier molecular flexibility index (Phi) is 4.63. The predicted molar refractivity (Wildman–Crippen MR) is 76.6 cm³/mol. The highest BCUT2D eigenvalue weighted by Gasteiger charge is 2.00. The summed E-state index contributed by atoms with van der Waals surface area (Å²) in [5.41, 5.74) is 0.974. The molecule has 0 amide bonds. The van der Waals surface area contributed by atoms with Crippen molar-refractivity contribution in [3.05, 3.63) is 36.5 Å². The van der Waals surface area contributed by atoms with Crippen LogP contribution in [0.15, 0.2) is 36.5 Å². The highest BCUT2D eigenvalue weighted by atomic mass is 15.3. The molecule has 6 heteroatoms. The SMILES string of the molecule is CN(C)CCNc1nncc(Nc2ccccc2)n1. The van der Waals surface area contributed by atoms with Crippen molar-refractivity contribution in [1.29, 1.82) is 0 Å². The molecule has 0 radical (unpaired) electrons. The molecule has 1 aromatic heterocycles. The summed E-state index contributed by atoms with van der Waals surface area (Å²) in [5.74, 6) is 1.20. The van der Waals surface area contributed by atoms with E-state index in [-0.39, 0.29) is 0 Å². The number of rotatable bonds is 6. The van der Waals surface area contributed by atoms with E-state index < -0.39 is 0 Å². The van der Waals surface area contributed by atoms with Gasteiger partial charge in [-0.25, -0.2) is 0 Å². The molecule has 0 aliphatic carbocycles. The van der Waals surface area contributed by atoms with Gasteiger partial charge in [0.2, 0.25) is 5.95 Å². The van der Waals surface area contributed by atoms with E-state index in [1.165, 1.54) is 0 Å². The van der Waals surface area contributed by atoms with Gasteiger partial charge in [0.15, 0.2) is 5.82 Å². The van der Waals surface area contributed by atoms with Gasteiger partial charge in [-0.1, -0.05) is 18.2 Å². The van der Waals surface area contributed by atoms with E-state index in [1.54, 1.807) is 6.20 Å². The normalized spacial score (nSPS) is 10.5. The Hall–Kier alpha value is -2.21. The third-order valence-electron chi connectivity index (χ3n) is 2.45. The van der Waals surface area contributed by atoms with Crippen molar-refractivity contribution in [3.63, 3.8) is 0 Å². The number of aromatic nitrogens is 3. The van der Waals surface area contributed by atoms with Gasteiger partial charge in [0.1, 0.15) is 0 Å². The molecule has 19 heavy (non-hydrogen) atoms. The Morgan fingerprint density at radius 1 is 1.16 bits per heavy atom. The molecule has 6 nitrogen and oxygen atoms in total. The van der Waals surface area contributed by atoms with Crippen molar-refractivity contribution in [2.75, 3.05) is 37.8 Å². The second kappa shape index (κ2) is 6.65. The predicted octanol–water partition coefficient (Wildman–Crippen LogP) is 1.59. The van der Waals surface area contributed by atoms with Crippen molar-refractivity contribution in [2.45, 2.75) is 0 Å². The van der Waals surface area contributed by atoms with Crippen molar-refractivity contribution in [1.82, 2.24) is 20.1 Å². The van der Waals surface area contributed by atoms with E-state index in [0.717, 1.165) is 18.8 Å². The first-order valence-electron chi connectivity index (χ1n) is 6.14. The number of nitrogens with one attached hydrogen (secondary N) is 2. The molecular weight excluding hydrogens is 240 g/mol. The van der Waals surface area contributed by atoms with Gasteiger partial charge in [0.25, 0.3) is 0 Å². The molecule has 0 saturated heterocycles. The lowest BCUT2D eigenvalue weighted by molar-refractivity contribution is 0.425. The van der Waals surface area contributed by atoms with Crippen molar-refractivity contribution in [2.24, 2.45) is 0 Å². The van der Waals surface area contributed by atoms with Crippen molar-refractivity contribution in [3.8, 4) is 0 Å². The fourth-order valence-corrected chi connectivity index (χ4v) is 1.50. The average Bonchev–Trinajstić information content (AvgIpc) is 2.40. The highest BCUT2D eigenvalue weighted by molar-refractivity contribution is 5.55. The van der Waals surface area contributed by atoms with Gasteiger partial charge in [0, 0.05) is 18.8 Å². The fourth-order valence-electron chi connectivity index (χ4n) is 1.50. The van der Waals surface area contributed by atoms with Crippen LogP contribution in [0.4, 0.5) is 17.5 Å². The molecule has 0 spiro atoms. The van der Waals surface area contributed by atoms with Crippen molar-refractivity contribution >= 4 is 17.5 Å². The van der Waals surface area contributed by atoms with E-state index >= 15 is 0 Å². The van der Waals surface area contributed by atoms with E-state index in [2.05, 4.69) is 30.7 Å². The molecule has 0 aliphatic heterocycles. The molecule has 1 aromatic carbocycles. The molecule has 2 aromatic rings. The van der Waals surface area contributed by atoms with E-state index in [4.69, 9.17) is 0 Å². The van der Waals surface area contributed by atoms with Crippen LogP contribution in [-0.4, -0.2) is 47.3 Å². The number of anilines is 3. The summed E-state index contributed by atoms with van der Waals surface area (Å²) >= 11 is 0. The van der Waals surface area contributed by atoms with Crippen LogP contribution in [0.2, 0.25) is 0 Å². The summed E-state index contributed by atoms with van der Waals surface area (Å²) < 4.78 is 0. The summed E-state index contributed by atoms with van der Waals surface area (Å²) in [4.78, 5) is 6.44. The zero-order valence-electron chi connectivity index (χ0n) is 11.2. The van der Waals surface area contributed by atoms with Gasteiger partial charge in [-0.15, -0.1) is 5.10 Å². The molecule has 2 rings (SSSR count). The number of likely N-dealkylation sites (N-methyl/N-ethyl adjacent to an activating group) is 1. The van der Waals surface area contributed by atoms with Crippen LogP contribution in [0.3, 0.4) is 0 Å². The first kappa shape index (κ1) is 13.2. The summed E-state index contributed by atoms with van der Waals surface area (Å²) in [6, 6.07) is 9.85. The molecular formula is C13H18N6. The van der Waals surface area contributed by atoms with Crippen LogP contribution < -0.4 is 10.6 Å². The monoisotopic (exact) mass is 258 g/mol. The quantitative estimate of drug-likeness (QED) is 0.820. The maximum absolute atomic E-state index is 4.35. The topological polar surface area (TPSA) is 66.0 Å². The fraction of sp³-hybridized carbons (Fsp3) is 0.308. The lowest BCUT2D eigenvalue weighted by Crippen LogP contribution is -2.21. The Balaban J connectivity index is 1.95. The average molecular weight is 258 g/mol. The molecule has 0 bridgehead atoms. The van der Waals surface area contributed by atoms with Gasteiger partial charge in [-0.3, -0.25) is 0 Å². The smallest absolute Gasteiger partial charge is 0.244 e. The number of para-hydroxylation sites is 1. The highest BCUT2D eigenvalue weighted by Crippen LogP contribution is 2.13. The molecule has 0 aliphatic rings. The molecule has 0 atom stereocenters. The van der Waals surface area contributed by atoms with E-state index in [0.29, 0.717) is 11.8 Å². The van der Waals surface area contributed by atoms with E-state index in [9.17, 15) is 0 Å². The molecule has 2 N–H and O–H groups in total. The maximum Gasteiger partial charge on any atom is 0.244 e. The summed E-state index contributed by atoms with van der Waals surface area (Å²) in [7, 11) is 4.04. The van der Waals surface area contributed by atoms with E-state index in [1.807, 2.05) is 44.4 Å². The maximum atomic E-state index is 4.35.